The van der Waals surface area contributed by atoms with E-state index in [1.807, 2.05) is 60.8 Å². The lowest BCUT2D eigenvalue weighted by Gasteiger charge is -2.35. The van der Waals surface area contributed by atoms with Crippen LogP contribution in [0.5, 0.6) is 0 Å². The summed E-state index contributed by atoms with van der Waals surface area (Å²) in [7, 11) is 0. The molecule has 4 aromatic rings. The van der Waals surface area contributed by atoms with Crippen molar-refractivity contribution in [2.75, 3.05) is 24.6 Å². The molecule has 5 rings (SSSR count). The summed E-state index contributed by atoms with van der Waals surface area (Å²) in [6, 6.07) is 18.7. The summed E-state index contributed by atoms with van der Waals surface area (Å²) in [5.41, 5.74) is 13.9. The van der Waals surface area contributed by atoms with Gasteiger partial charge in [-0.25, -0.2) is 0 Å². The number of nitrogens with zero attached hydrogens (tertiary/aromatic N) is 1. The van der Waals surface area contributed by atoms with Crippen molar-refractivity contribution in [1.82, 2.24) is 20.5 Å². The van der Waals surface area contributed by atoms with Gasteiger partial charge in [0.05, 0.1) is 5.75 Å². The van der Waals surface area contributed by atoms with Crippen molar-refractivity contribution in [3.05, 3.63) is 84.1 Å². The molecule has 0 spiro atoms. The fourth-order valence-electron chi connectivity index (χ4n) is 5.66. The number of H-pyrrole nitrogens is 1. The van der Waals surface area contributed by atoms with E-state index < -0.39 is 24.0 Å². The minimum atomic E-state index is -0.904. The number of aromatic amines is 1. The first kappa shape index (κ1) is 31.1. The number of amides is 4. The van der Waals surface area contributed by atoms with Gasteiger partial charge >= 0.3 is 0 Å². The van der Waals surface area contributed by atoms with E-state index in [1.165, 1.54) is 16.7 Å². The van der Waals surface area contributed by atoms with E-state index in [0.29, 0.717) is 18.5 Å². The lowest BCUT2D eigenvalue weighted by molar-refractivity contribution is -0.138. The Hall–Kier alpha value is -4.35. The summed E-state index contributed by atoms with van der Waals surface area (Å²) >= 11 is 1.24. The smallest absolute Gasteiger partial charge is 0.251 e. The van der Waals surface area contributed by atoms with Crippen molar-refractivity contribution >= 4 is 57.1 Å². The van der Waals surface area contributed by atoms with E-state index in [-0.39, 0.29) is 42.2 Å². The topological polar surface area (TPSA) is 163 Å². The lowest BCUT2D eigenvalue weighted by atomic mass is 10.0. The number of hydrogen-bond acceptors (Lipinski definition) is 6. The summed E-state index contributed by atoms with van der Waals surface area (Å²) in [6.07, 6.45) is 4.08. The molecule has 1 aromatic heterocycles. The zero-order valence-electron chi connectivity index (χ0n) is 24.5. The van der Waals surface area contributed by atoms with Crippen LogP contribution in [0.1, 0.15) is 35.2 Å². The first-order valence-electron chi connectivity index (χ1n) is 14.9. The highest BCUT2D eigenvalue weighted by atomic mass is 32.2. The van der Waals surface area contributed by atoms with Crippen molar-refractivity contribution in [1.29, 1.82) is 0 Å². The first-order valence-corrected chi connectivity index (χ1v) is 16.0. The first-order chi connectivity index (χ1) is 21.3. The van der Waals surface area contributed by atoms with Gasteiger partial charge in [-0.15, -0.1) is 11.8 Å². The number of aromatic nitrogens is 1. The fourth-order valence-corrected chi connectivity index (χ4v) is 6.59. The van der Waals surface area contributed by atoms with Crippen LogP contribution in [-0.4, -0.2) is 76.2 Å². The molecule has 1 saturated heterocycles. The Morgan fingerprint density at radius 3 is 2.59 bits per heavy atom. The Morgan fingerprint density at radius 2 is 1.80 bits per heavy atom. The number of hydrogen-bond donors (Lipinski definition) is 5. The molecule has 10 nitrogen and oxygen atoms in total. The van der Waals surface area contributed by atoms with Crippen LogP contribution in [0.15, 0.2) is 72.9 Å². The molecule has 0 radical (unpaired) electrons. The molecular formula is C33H38N6O4S. The molecule has 3 atom stereocenters. The molecule has 0 aliphatic carbocycles. The zero-order chi connectivity index (χ0) is 31.1. The van der Waals surface area contributed by atoms with Gasteiger partial charge < -0.3 is 32.0 Å². The van der Waals surface area contributed by atoms with E-state index in [1.54, 1.807) is 12.1 Å². The molecule has 230 valence electrons. The van der Waals surface area contributed by atoms with Crippen LogP contribution in [0.25, 0.3) is 21.7 Å². The lowest BCUT2D eigenvalue weighted by Crippen LogP contribution is -2.58. The van der Waals surface area contributed by atoms with Gasteiger partial charge in [0.15, 0.2) is 0 Å². The predicted octanol–water partition coefficient (Wildman–Crippen LogP) is 2.71. The highest BCUT2D eigenvalue weighted by molar-refractivity contribution is 8.00. The summed E-state index contributed by atoms with van der Waals surface area (Å²) in [5.74, 6) is -1.36. The van der Waals surface area contributed by atoms with E-state index in [0.717, 1.165) is 40.1 Å². The van der Waals surface area contributed by atoms with E-state index in [2.05, 4.69) is 15.6 Å². The molecule has 1 aliphatic heterocycles. The summed E-state index contributed by atoms with van der Waals surface area (Å²) in [4.78, 5) is 58.1. The number of unbranched alkanes of at least 4 members (excludes halogenated alkanes) is 1. The number of primary amides is 1. The van der Waals surface area contributed by atoms with Crippen LogP contribution in [-0.2, 0) is 20.8 Å². The standard InChI is InChI=1S/C33H38N6O4S/c34-14-6-5-9-25-18-39(29(31(35)41)16-24-17-36-27-11-4-3-10-26(24)27)30(40)20-44-19-28(33(43)37-25)38-32(42)23-13-12-21-7-1-2-8-22(21)15-23/h1-4,7-8,10-13,15,17,25,28-29,36H,5-6,9,14,16,18-20,34H2,(H2,35,41)(H,37,43)(H,38,42)/t25-,28+,29+/m1/s1. The van der Waals surface area contributed by atoms with E-state index in [9.17, 15) is 19.2 Å². The van der Waals surface area contributed by atoms with Crippen LogP contribution in [0.2, 0.25) is 0 Å². The second-order valence-electron chi connectivity index (χ2n) is 11.1. The van der Waals surface area contributed by atoms with Crippen molar-refractivity contribution in [2.24, 2.45) is 11.5 Å². The van der Waals surface area contributed by atoms with Crippen molar-refractivity contribution in [3.63, 3.8) is 0 Å². The largest absolute Gasteiger partial charge is 0.368 e. The Bertz CT molecular complexity index is 1660. The number of carbonyl (C=O) groups excluding carboxylic acids is 4. The SMILES string of the molecule is NCCCC[C@@H]1CN([C@@H](Cc2c[nH]c3ccccc23)C(N)=O)C(=O)CSC[C@H](NC(=O)c2ccc3ccccc3c2)C(=O)N1. The summed E-state index contributed by atoms with van der Waals surface area (Å²) in [5, 5.41) is 8.82. The van der Waals surface area contributed by atoms with Crippen LogP contribution < -0.4 is 22.1 Å². The van der Waals surface area contributed by atoms with Gasteiger partial charge in [0, 0.05) is 47.4 Å². The average Bonchev–Trinajstić information content (AvgIpc) is 3.44. The molecule has 3 aromatic carbocycles. The van der Waals surface area contributed by atoms with Crippen LogP contribution in [0.4, 0.5) is 0 Å². The maximum atomic E-state index is 13.7. The molecule has 11 heteroatoms. The van der Waals surface area contributed by atoms with E-state index in [4.69, 9.17) is 11.5 Å². The molecular weight excluding hydrogens is 576 g/mol. The zero-order valence-corrected chi connectivity index (χ0v) is 25.3. The predicted molar refractivity (Wildman–Crippen MR) is 174 cm³/mol. The van der Waals surface area contributed by atoms with Gasteiger partial charge in [0.2, 0.25) is 17.7 Å². The molecule has 0 unspecified atom stereocenters. The maximum absolute atomic E-state index is 13.7. The second-order valence-corrected chi connectivity index (χ2v) is 12.2. The van der Waals surface area contributed by atoms with Crippen molar-refractivity contribution < 1.29 is 19.2 Å². The molecule has 1 aliphatic rings. The highest BCUT2D eigenvalue weighted by Crippen LogP contribution is 2.23. The molecule has 1 fully saturated rings. The van der Waals surface area contributed by atoms with Crippen LogP contribution in [0.3, 0.4) is 0 Å². The normalized spacial score (nSPS) is 18.6. The monoisotopic (exact) mass is 614 g/mol. The van der Waals surface area contributed by atoms with Gasteiger partial charge in [0.1, 0.15) is 12.1 Å². The molecule has 0 saturated carbocycles. The third kappa shape index (κ3) is 7.40. The molecule has 2 heterocycles. The molecule has 7 N–H and O–H groups in total. The van der Waals surface area contributed by atoms with Crippen molar-refractivity contribution in [3.8, 4) is 0 Å². The van der Waals surface area contributed by atoms with Gasteiger partial charge in [-0.05, 0) is 53.9 Å². The molecule has 4 amide bonds. The van der Waals surface area contributed by atoms with Crippen LogP contribution in [0, 0.1) is 0 Å². The molecule has 44 heavy (non-hydrogen) atoms. The Balaban J connectivity index is 1.35. The Labute approximate surface area is 260 Å². The quantitative estimate of drug-likeness (QED) is 0.173. The third-order valence-electron chi connectivity index (χ3n) is 8.03. The summed E-state index contributed by atoms with van der Waals surface area (Å²) in [6.45, 7) is 0.603. The number of nitrogens with two attached hydrogens (primary N) is 2. The van der Waals surface area contributed by atoms with Gasteiger partial charge in [-0.1, -0.05) is 55.0 Å². The number of rotatable bonds is 10. The minimum Gasteiger partial charge on any atom is -0.368 e. The van der Waals surface area contributed by atoms with Crippen LogP contribution >= 0.6 is 11.8 Å². The number of thioether (sulfide) groups is 1. The van der Waals surface area contributed by atoms with Gasteiger partial charge in [0.25, 0.3) is 5.91 Å². The van der Waals surface area contributed by atoms with Gasteiger partial charge in [-0.2, -0.15) is 0 Å². The number of fused-ring (bicyclic) bond motifs is 2. The minimum absolute atomic E-state index is 0.0306. The number of nitrogens with one attached hydrogen (secondary N) is 3. The van der Waals surface area contributed by atoms with E-state index >= 15 is 0 Å². The fraction of sp³-hybridized carbons (Fsp3) is 0.333. The Kier molecular flexibility index (Phi) is 10.2. The maximum Gasteiger partial charge on any atom is 0.251 e. The number of para-hydroxylation sites is 1. The average molecular weight is 615 g/mol. The number of carbonyl (C=O) groups is 4. The Morgan fingerprint density at radius 1 is 1.02 bits per heavy atom. The summed E-state index contributed by atoms with van der Waals surface area (Å²) < 4.78 is 0. The third-order valence-corrected chi connectivity index (χ3v) is 9.05. The van der Waals surface area contributed by atoms with Crippen molar-refractivity contribution in [2.45, 2.75) is 43.8 Å². The van der Waals surface area contributed by atoms with Gasteiger partial charge in [-0.3, -0.25) is 19.2 Å². The highest BCUT2D eigenvalue weighted by Gasteiger charge is 2.34. The number of benzene rings is 3. The molecule has 0 bridgehead atoms. The second kappa shape index (κ2) is 14.4.